The molecule has 1 fully saturated rings. The smallest absolute Gasteiger partial charge is 0.270 e. The quantitative estimate of drug-likeness (QED) is 0.372. The number of benzene rings is 2. The van der Waals surface area contributed by atoms with Gasteiger partial charge in [-0.2, -0.15) is 5.26 Å². The van der Waals surface area contributed by atoms with Gasteiger partial charge in [-0.1, -0.05) is 60.4 Å². The fourth-order valence-electron chi connectivity index (χ4n) is 4.22. The fraction of sp³-hybridized carbons (Fsp3) is 0.185. The van der Waals surface area contributed by atoms with E-state index in [9.17, 15) is 14.9 Å². The van der Waals surface area contributed by atoms with Crippen LogP contribution in [0.4, 0.5) is 5.82 Å². The van der Waals surface area contributed by atoms with Crippen molar-refractivity contribution in [1.82, 2.24) is 9.47 Å². The van der Waals surface area contributed by atoms with Gasteiger partial charge in [-0.3, -0.25) is 19.1 Å². The molecule has 2 aliphatic rings. The van der Waals surface area contributed by atoms with Crippen molar-refractivity contribution in [2.24, 2.45) is 7.05 Å². The zero-order valence-corrected chi connectivity index (χ0v) is 21.7. The molecule has 2 aliphatic heterocycles. The first-order chi connectivity index (χ1) is 17.9. The van der Waals surface area contributed by atoms with E-state index in [-0.39, 0.29) is 24.8 Å². The Labute approximate surface area is 223 Å². The molecular formula is C27H22N4O4S2. The van der Waals surface area contributed by atoms with Crippen LogP contribution in [0.1, 0.15) is 27.8 Å². The molecule has 0 radical (unpaired) electrons. The Morgan fingerprint density at radius 3 is 2.65 bits per heavy atom. The molecule has 8 nitrogen and oxygen atoms in total. The molecule has 0 saturated carbocycles. The first kappa shape index (κ1) is 24.6. The molecular weight excluding hydrogens is 508 g/mol. The molecule has 10 heteroatoms. The first-order valence-electron chi connectivity index (χ1n) is 11.4. The number of aromatic nitrogens is 1. The van der Waals surface area contributed by atoms with Crippen molar-refractivity contribution in [3.8, 4) is 17.6 Å². The van der Waals surface area contributed by atoms with E-state index in [1.54, 1.807) is 20.0 Å². The lowest BCUT2D eigenvalue weighted by molar-refractivity contribution is -0.122. The number of nitrogens with one attached hydrogen (secondary N) is 1. The standard InChI is InChI=1S/C27H22N4O4S2/c1-16-19(24(30(2)25(32)20(16)12-28)29-13-17-6-4-3-5-7-17)11-23-26(33)31(27(36)37-23)14-18-8-9-21-22(10-18)35-15-34-21/h3-11,29H,13-15H2,1-2H3/b23-11+. The Balaban J connectivity index is 1.48. The van der Waals surface area contributed by atoms with Gasteiger partial charge < -0.3 is 14.8 Å². The van der Waals surface area contributed by atoms with Gasteiger partial charge in [-0.05, 0) is 41.8 Å². The molecule has 1 saturated heterocycles. The van der Waals surface area contributed by atoms with Crippen LogP contribution in [0.2, 0.25) is 0 Å². The van der Waals surface area contributed by atoms with Crippen LogP contribution in [0.3, 0.4) is 0 Å². The third-order valence-corrected chi connectivity index (χ3v) is 7.61. The molecule has 3 aromatic rings. The Morgan fingerprint density at radius 2 is 1.89 bits per heavy atom. The molecule has 2 aromatic carbocycles. The Kier molecular flexibility index (Phi) is 6.74. The highest BCUT2D eigenvalue weighted by Crippen LogP contribution is 2.37. The topological polar surface area (TPSA) is 96.6 Å². The number of thiocarbonyl (C=S) groups is 1. The number of ether oxygens (including phenoxy) is 2. The van der Waals surface area contributed by atoms with E-state index in [0.29, 0.717) is 44.2 Å². The number of rotatable bonds is 6. The molecule has 0 spiro atoms. The van der Waals surface area contributed by atoms with Crippen molar-refractivity contribution in [1.29, 1.82) is 5.26 Å². The number of carbonyl (C=O) groups is 1. The van der Waals surface area contributed by atoms with Gasteiger partial charge in [0.2, 0.25) is 6.79 Å². The van der Waals surface area contributed by atoms with Gasteiger partial charge >= 0.3 is 0 Å². The van der Waals surface area contributed by atoms with Gasteiger partial charge in [0.25, 0.3) is 11.5 Å². The highest BCUT2D eigenvalue weighted by atomic mass is 32.2. The lowest BCUT2D eigenvalue weighted by Gasteiger charge is -2.18. The van der Waals surface area contributed by atoms with Crippen molar-refractivity contribution in [3.05, 3.63) is 91.6 Å². The van der Waals surface area contributed by atoms with E-state index in [0.717, 1.165) is 11.1 Å². The summed E-state index contributed by atoms with van der Waals surface area (Å²) in [5, 5.41) is 13.0. The average Bonchev–Trinajstić information content (AvgIpc) is 3.47. The lowest BCUT2D eigenvalue weighted by Crippen LogP contribution is -2.27. The largest absolute Gasteiger partial charge is 0.454 e. The predicted octanol–water partition coefficient (Wildman–Crippen LogP) is 4.31. The van der Waals surface area contributed by atoms with Crippen molar-refractivity contribution in [2.75, 3.05) is 12.1 Å². The van der Waals surface area contributed by atoms with Crippen LogP contribution in [0.15, 0.2) is 58.2 Å². The number of carbonyl (C=O) groups excluding carboxylic acids is 1. The summed E-state index contributed by atoms with van der Waals surface area (Å²) >= 11 is 6.73. The minimum Gasteiger partial charge on any atom is -0.454 e. The Bertz CT molecular complexity index is 1560. The number of fused-ring (bicyclic) bond motifs is 1. The monoisotopic (exact) mass is 530 g/mol. The number of nitrogens with zero attached hydrogens (tertiary/aromatic N) is 3. The van der Waals surface area contributed by atoms with Crippen LogP contribution in [0, 0.1) is 18.3 Å². The maximum absolute atomic E-state index is 13.4. The highest BCUT2D eigenvalue weighted by molar-refractivity contribution is 8.26. The molecule has 186 valence electrons. The SMILES string of the molecule is Cc1c(/C=C2/SC(=S)N(Cc3ccc4c(c3)OCO4)C2=O)c(NCc2ccccc2)n(C)c(=O)c1C#N. The summed E-state index contributed by atoms with van der Waals surface area (Å²) in [7, 11) is 1.61. The summed E-state index contributed by atoms with van der Waals surface area (Å²) in [6, 6.07) is 17.3. The third kappa shape index (κ3) is 4.71. The van der Waals surface area contributed by atoms with Crippen LogP contribution in [0.25, 0.3) is 6.08 Å². The maximum Gasteiger partial charge on any atom is 0.270 e. The maximum atomic E-state index is 13.4. The second-order valence-electron chi connectivity index (χ2n) is 8.53. The molecule has 0 atom stereocenters. The molecule has 5 rings (SSSR count). The van der Waals surface area contributed by atoms with Crippen LogP contribution in [-0.4, -0.2) is 26.5 Å². The van der Waals surface area contributed by atoms with Crippen LogP contribution in [-0.2, 0) is 24.9 Å². The molecule has 1 aromatic heterocycles. The third-order valence-electron chi connectivity index (χ3n) is 6.23. The van der Waals surface area contributed by atoms with E-state index in [2.05, 4.69) is 5.32 Å². The van der Waals surface area contributed by atoms with Gasteiger partial charge in [0, 0.05) is 19.2 Å². The molecule has 0 bridgehead atoms. The second-order valence-corrected chi connectivity index (χ2v) is 10.2. The number of hydrogen-bond acceptors (Lipinski definition) is 8. The van der Waals surface area contributed by atoms with E-state index >= 15 is 0 Å². The summed E-state index contributed by atoms with van der Waals surface area (Å²) in [6.07, 6.45) is 1.71. The lowest BCUT2D eigenvalue weighted by atomic mass is 10.0. The second kappa shape index (κ2) is 10.1. The zero-order chi connectivity index (χ0) is 26.1. The average molecular weight is 531 g/mol. The molecule has 1 N–H and O–H groups in total. The Morgan fingerprint density at radius 1 is 1.14 bits per heavy atom. The summed E-state index contributed by atoms with van der Waals surface area (Å²) in [5.41, 5.74) is 2.62. The number of anilines is 1. The van der Waals surface area contributed by atoms with Crippen molar-refractivity contribution in [2.45, 2.75) is 20.0 Å². The summed E-state index contributed by atoms with van der Waals surface area (Å²) in [6.45, 7) is 2.64. The summed E-state index contributed by atoms with van der Waals surface area (Å²) in [4.78, 5) is 28.2. The zero-order valence-electron chi connectivity index (χ0n) is 20.1. The van der Waals surface area contributed by atoms with Crippen LogP contribution >= 0.6 is 24.0 Å². The Hall–Kier alpha value is -4.07. The van der Waals surface area contributed by atoms with E-state index in [1.165, 1.54) is 21.2 Å². The van der Waals surface area contributed by atoms with Gasteiger partial charge in [0.15, 0.2) is 11.5 Å². The van der Waals surface area contributed by atoms with Gasteiger partial charge in [-0.25, -0.2) is 0 Å². The highest BCUT2D eigenvalue weighted by Gasteiger charge is 2.33. The van der Waals surface area contributed by atoms with Gasteiger partial charge in [0.1, 0.15) is 21.8 Å². The van der Waals surface area contributed by atoms with Crippen LogP contribution < -0.4 is 20.3 Å². The molecule has 1 amide bonds. The van der Waals surface area contributed by atoms with E-state index in [4.69, 9.17) is 21.7 Å². The van der Waals surface area contributed by atoms with E-state index < -0.39 is 5.56 Å². The number of pyridine rings is 1. The minimum atomic E-state index is -0.400. The van der Waals surface area contributed by atoms with Crippen molar-refractivity contribution >= 4 is 46.1 Å². The normalized spacial score (nSPS) is 15.4. The van der Waals surface area contributed by atoms with E-state index in [1.807, 2.05) is 54.6 Å². The van der Waals surface area contributed by atoms with Crippen molar-refractivity contribution < 1.29 is 14.3 Å². The molecule has 0 aliphatic carbocycles. The van der Waals surface area contributed by atoms with Gasteiger partial charge in [0.05, 0.1) is 11.4 Å². The van der Waals surface area contributed by atoms with Crippen LogP contribution in [0.5, 0.6) is 11.5 Å². The number of thioether (sulfide) groups is 1. The molecule has 37 heavy (non-hydrogen) atoms. The number of amides is 1. The summed E-state index contributed by atoms with van der Waals surface area (Å²) < 4.78 is 12.6. The van der Waals surface area contributed by atoms with Gasteiger partial charge in [-0.15, -0.1) is 0 Å². The predicted molar refractivity (Wildman–Crippen MR) is 146 cm³/mol. The fourth-order valence-corrected chi connectivity index (χ4v) is 5.45. The molecule has 3 heterocycles. The first-order valence-corrected chi connectivity index (χ1v) is 12.6. The minimum absolute atomic E-state index is 0.0369. The molecule has 0 unspecified atom stereocenters. The number of hydrogen-bond donors (Lipinski definition) is 1. The number of nitriles is 1. The summed E-state index contributed by atoms with van der Waals surface area (Å²) in [5.74, 6) is 1.58. The van der Waals surface area contributed by atoms with Crippen molar-refractivity contribution in [3.63, 3.8) is 0 Å².